The van der Waals surface area contributed by atoms with Crippen molar-refractivity contribution >= 4 is 11.4 Å². The van der Waals surface area contributed by atoms with Crippen molar-refractivity contribution in [3.63, 3.8) is 0 Å². The van der Waals surface area contributed by atoms with Crippen molar-refractivity contribution in [2.24, 2.45) is 9.98 Å². The Kier molecular flexibility index (Phi) is 2.79. The first kappa shape index (κ1) is 11.8. The SMILES string of the molecule is CC1=NC(c2ccccc2)(c2ccccc2)N=C1C. The second-order valence-electron chi connectivity index (χ2n) is 4.80. The van der Waals surface area contributed by atoms with Crippen molar-refractivity contribution in [2.45, 2.75) is 19.5 Å². The fourth-order valence-corrected chi connectivity index (χ4v) is 2.44. The molecular weight excluding hydrogens is 232 g/mol. The van der Waals surface area contributed by atoms with Crippen molar-refractivity contribution in [1.29, 1.82) is 0 Å². The Labute approximate surface area is 113 Å². The van der Waals surface area contributed by atoms with Crippen LogP contribution in [0.4, 0.5) is 0 Å². The Morgan fingerprint density at radius 3 is 1.37 bits per heavy atom. The number of benzene rings is 2. The molecule has 0 spiro atoms. The summed E-state index contributed by atoms with van der Waals surface area (Å²) in [7, 11) is 0. The van der Waals surface area contributed by atoms with Gasteiger partial charge >= 0.3 is 0 Å². The van der Waals surface area contributed by atoms with Gasteiger partial charge in [-0.1, -0.05) is 60.7 Å². The third-order valence-corrected chi connectivity index (χ3v) is 3.54. The van der Waals surface area contributed by atoms with Gasteiger partial charge in [0.05, 0.1) is 11.4 Å². The number of rotatable bonds is 2. The summed E-state index contributed by atoms with van der Waals surface area (Å²) in [5.41, 5.74) is 3.63. The molecule has 2 heteroatoms. The molecule has 1 aliphatic heterocycles. The van der Waals surface area contributed by atoms with E-state index in [2.05, 4.69) is 24.3 Å². The van der Waals surface area contributed by atoms with Gasteiger partial charge in [0, 0.05) is 11.1 Å². The minimum Gasteiger partial charge on any atom is -0.249 e. The van der Waals surface area contributed by atoms with E-state index in [0.717, 1.165) is 22.6 Å². The second kappa shape index (κ2) is 4.47. The average Bonchev–Trinajstić information content (AvgIpc) is 2.78. The maximum absolute atomic E-state index is 4.85. The molecule has 2 nitrogen and oxygen atoms in total. The van der Waals surface area contributed by atoms with Crippen molar-refractivity contribution in [2.75, 3.05) is 0 Å². The van der Waals surface area contributed by atoms with Crippen LogP contribution in [0.3, 0.4) is 0 Å². The van der Waals surface area contributed by atoms with Crippen LogP contribution in [0.2, 0.25) is 0 Å². The summed E-state index contributed by atoms with van der Waals surface area (Å²) in [6.45, 7) is 4.04. The molecule has 0 aliphatic carbocycles. The summed E-state index contributed by atoms with van der Waals surface area (Å²) >= 11 is 0. The standard InChI is InChI=1S/C17H16N2/c1-13-14(2)19-17(18-13,15-9-5-3-6-10-15)16-11-7-4-8-12-16/h3-12H,1-2H3. The predicted octanol–water partition coefficient (Wildman–Crippen LogP) is 3.82. The van der Waals surface area contributed by atoms with Crippen LogP contribution in [0.5, 0.6) is 0 Å². The maximum atomic E-state index is 4.85. The molecule has 0 fully saturated rings. The predicted molar refractivity (Wildman–Crippen MR) is 79.9 cm³/mol. The normalized spacial score (nSPS) is 16.9. The molecule has 2 aromatic carbocycles. The average molecular weight is 248 g/mol. The molecule has 1 aliphatic rings. The van der Waals surface area contributed by atoms with Crippen LogP contribution in [-0.2, 0) is 5.66 Å². The van der Waals surface area contributed by atoms with Gasteiger partial charge in [-0.25, -0.2) is 9.98 Å². The summed E-state index contributed by atoms with van der Waals surface area (Å²) in [4.78, 5) is 9.71. The van der Waals surface area contributed by atoms with Crippen LogP contribution in [0.15, 0.2) is 70.6 Å². The van der Waals surface area contributed by atoms with E-state index in [1.165, 1.54) is 0 Å². The van der Waals surface area contributed by atoms with Crippen molar-refractivity contribution < 1.29 is 0 Å². The highest BCUT2D eigenvalue weighted by Crippen LogP contribution is 2.38. The van der Waals surface area contributed by atoms with E-state index in [0.29, 0.717) is 0 Å². The van der Waals surface area contributed by atoms with Crippen molar-refractivity contribution in [1.82, 2.24) is 0 Å². The Bertz CT molecular complexity index is 580. The Morgan fingerprint density at radius 1 is 0.632 bits per heavy atom. The molecule has 94 valence electrons. The molecule has 0 atom stereocenters. The Morgan fingerprint density at radius 2 is 1.00 bits per heavy atom. The summed E-state index contributed by atoms with van der Waals surface area (Å²) < 4.78 is 0. The summed E-state index contributed by atoms with van der Waals surface area (Å²) in [5, 5.41) is 0. The highest BCUT2D eigenvalue weighted by Gasteiger charge is 2.37. The number of aliphatic imine (C=N–C) groups is 2. The molecule has 19 heavy (non-hydrogen) atoms. The van der Waals surface area contributed by atoms with Gasteiger partial charge in [0.25, 0.3) is 0 Å². The molecule has 0 amide bonds. The highest BCUT2D eigenvalue weighted by molar-refractivity contribution is 6.42. The third kappa shape index (κ3) is 1.89. The van der Waals surface area contributed by atoms with Gasteiger partial charge in [0.15, 0.2) is 0 Å². The molecule has 3 rings (SSSR count). The largest absolute Gasteiger partial charge is 0.249 e. The molecule has 0 saturated heterocycles. The first-order valence-corrected chi connectivity index (χ1v) is 6.47. The molecule has 1 heterocycles. The van der Waals surface area contributed by atoms with Gasteiger partial charge in [-0.05, 0) is 13.8 Å². The summed E-state index contributed by atoms with van der Waals surface area (Å²) in [6, 6.07) is 20.5. The fourth-order valence-electron chi connectivity index (χ4n) is 2.44. The van der Waals surface area contributed by atoms with Crippen LogP contribution in [0.1, 0.15) is 25.0 Å². The zero-order chi connectivity index (χ0) is 13.3. The van der Waals surface area contributed by atoms with Gasteiger partial charge in [0.2, 0.25) is 5.66 Å². The quantitative estimate of drug-likeness (QED) is 0.771. The fraction of sp³-hybridized carbons (Fsp3) is 0.176. The zero-order valence-electron chi connectivity index (χ0n) is 11.2. The molecule has 0 aromatic heterocycles. The maximum Gasteiger partial charge on any atom is 0.201 e. The van der Waals surface area contributed by atoms with Gasteiger partial charge in [0.1, 0.15) is 0 Å². The summed E-state index contributed by atoms with van der Waals surface area (Å²) in [5.74, 6) is 0. The third-order valence-electron chi connectivity index (χ3n) is 3.54. The van der Waals surface area contributed by atoms with Crippen LogP contribution >= 0.6 is 0 Å². The first-order valence-electron chi connectivity index (χ1n) is 6.47. The molecule has 0 radical (unpaired) electrons. The lowest BCUT2D eigenvalue weighted by atomic mass is 9.92. The smallest absolute Gasteiger partial charge is 0.201 e. The van der Waals surface area contributed by atoms with E-state index >= 15 is 0 Å². The van der Waals surface area contributed by atoms with E-state index in [4.69, 9.17) is 9.98 Å². The van der Waals surface area contributed by atoms with E-state index in [1.807, 2.05) is 50.2 Å². The first-order chi connectivity index (χ1) is 9.22. The van der Waals surface area contributed by atoms with E-state index in [1.54, 1.807) is 0 Å². The highest BCUT2D eigenvalue weighted by atomic mass is 15.1. The molecule has 0 saturated carbocycles. The van der Waals surface area contributed by atoms with Crippen LogP contribution in [0.25, 0.3) is 0 Å². The van der Waals surface area contributed by atoms with Gasteiger partial charge in [-0.15, -0.1) is 0 Å². The number of nitrogens with zero attached hydrogens (tertiary/aromatic N) is 2. The van der Waals surface area contributed by atoms with Crippen LogP contribution in [0, 0.1) is 0 Å². The van der Waals surface area contributed by atoms with Gasteiger partial charge < -0.3 is 0 Å². The lowest BCUT2D eigenvalue weighted by Gasteiger charge is -2.24. The van der Waals surface area contributed by atoms with Crippen molar-refractivity contribution in [3.8, 4) is 0 Å². The molecule has 0 N–H and O–H groups in total. The zero-order valence-corrected chi connectivity index (χ0v) is 11.2. The number of hydrogen-bond acceptors (Lipinski definition) is 2. The molecule has 0 bridgehead atoms. The van der Waals surface area contributed by atoms with Crippen molar-refractivity contribution in [3.05, 3.63) is 71.8 Å². The lowest BCUT2D eigenvalue weighted by Crippen LogP contribution is -2.20. The minimum absolute atomic E-state index is 0.601. The topological polar surface area (TPSA) is 24.7 Å². The van der Waals surface area contributed by atoms with Gasteiger partial charge in [-0.3, -0.25) is 0 Å². The lowest BCUT2D eigenvalue weighted by molar-refractivity contribution is 0.588. The molecule has 0 unspecified atom stereocenters. The van der Waals surface area contributed by atoms with Crippen LogP contribution < -0.4 is 0 Å². The van der Waals surface area contributed by atoms with E-state index in [-0.39, 0.29) is 0 Å². The van der Waals surface area contributed by atoms with E-state index in [9.17, 15) is 0 Å². The Balaban J connectivity index is 2.25. The van der Waals surface area contributed by atoms with Gasteiger partial charge in [-0.2, -0.15) is 0 Å². The van der Waals surface area contributed by atoms with Crippen LogP contribution in [-0.4, -0.2) is 11.4 Å². The monoisotopic (exact) mass is 248 g/mol. The Hall–Kier alpha value is -2.22. The minimum atomic E-state index is -0.601. The van der Waals surface area contributed by atoms with E-state index < -0.39 is 5.66 Å². The molecule has 2 aromatic rings. The second-order valence-corrected chi connectivity index (χ2v) is 4.80. The number of hydrogen-bond donors (Lipinski definition) is 0. The summed E-state index contributed by atoms with van der Waals surface area (Å²) in [6.07, 6.45) is 0. The molecular formula is C17H16N2.